The van der Waals surface area contributed by atoms with Gasteiger partial charge in [0.05, 0.1) is 17.0 Å². The van der Waals surface area contributed by atoms with Crippen molar-refractivity contribution in [2.24, 2.45) is 0 Å². The van der Waals surface area contributed by atoms with Crippen LogP contribution < -0.4 is 0 Å². The molecule has 2 rings (SSSR count). The predicted molar refractivity (Wildman–Crippen MR) is 73.4 cm³/mol. The molecule has 0 bridgehead atoms. The summed E-state index contributed by atoms with van der Waals surface area (Å²) in [6.07, 6.45) is 1.51. The van der Waals surface area contributed by atoms with Crippen molar-refractivity contribution in [1.82, 2.24) is 14.5 Å². The average molecular weight is 302 g/mol. The number of imidazole rings is 1. The van der Waals surface area contributed by atoms with E-state index in [9.17, 15) is 4.79 Å². The first kappa shape index (κ1) is 14.1. The van der Waals surface area contributed by atoms with E-state index in [1.54, 1.807) is 24.5 Å². The van der Waals surface area contributed by atoms with E-state index in [2.05, 4.69) is 9.97 Å². The van der Waals surface area contributed by atoms with Crippen molar-refractivity contribution in [3.8, 4) is 0 Å². The molecular formula is C12H13Cl2N3O2. The molecule has 2 aromatic rings. The predicted octanol–water partition coefficient (Wildman–Crippen LogP) is 2.95. The number of ether oxygens (including phenoxy) is 1. The van der Waals surface area contributed by atoms with E-state index >= 15 is 0 Å². The molecule has 0 radical (unpaired) electrons. The van der Waals surface area contributed by atoms with Crippen LogP contribution in [0.25, 0.3) is 11.2 Å². The van der Waals surface area contributed by atoms with E-state index in [0.717, 1.165) is 0 Å². The zero-order valence-corrected chi connectivity index (χ0v) is 12.1. The van der Waals surface area contributed by atoms with Gasteiger partial charge in [-0.25, -0.2) is 9.97 Å². The summed E-state index contributed by atoms with van der Waals surface area (Å²) < 4.78 is 6.59. The van der Waals surface area contributed by atoms with Crippen LogP contribution in [0.2, 0.25) is 5.02 Å². The standard InChI is InChI=1S/C12H13Cl2N3O2/c1-3-19-10(18)6-17-11(7(2)13)16-9-4-8(14)5-15-12(9)17/h4-5,7H,3,6H2,1-2H3. The first-order valence-corrected chi connectivity index (χ1v) is 6.65. The molecule has 0 N–H and O–H groups in total. The number of hydrogen-bond acceptors (Lipinski definition) is 4. The van der Waals surface area contributed by atoms with Crippen molar-refractivity contribution in [1.29, 1.82) is 0 Å². The monoisotopic (exact) mass is 301 g/mol. The maximum absolute atomic E-state index is 11.6. The van der Waals surface area contributed by atoms with E-state index in [-0.39, 0.29) is 17.9 Å². The van der Waals surface area contributed by atoms with Gasteiger partial charge in [0.15, 0.2) is 5.65 Å². The van der Waals surface area contributed by atoms with Gasteiger partial charge in [0.1, 0.15) is 17.9 Å². The van der Waals surface area contributed by atoms with Crippen LogP contribution in [0, 0.1) is 0 Å². The second kappa shape index (κ2) is 5.75. The third-order valence-corrected chi connectivity index (χ3v) is 2.93. The number of halogens is 2. The number of esters is 1. The van der Waals surface area contributed by atoms with Gasteiger partial charge in [-0.15, -0.1) is 11.6 Å². The van der Waals surface area contributed by atoms with Gasteiger partial charge in [0.25, 0.3) is 0 Å². The Morgan fingerprint density at radius 3 is 2.95 bits per heavy atom. The maximum Gasteiger partial charge on any atom is 0.326 e. The van der Waals surface area contributed by atoms with Crippen molar-refractivity contribution in [3.05, 3.63) is 23.1 Å². The van der Waals surface area contributed by atoms with Crippen LogP contribution in [0.1, 0.15) is 25.0 Å². The van der Waals surface area contributed by atoms with Crippen molar-refractivity contribution in [2.45, 2.75) is 25.8 Å². The molecule has 0 amide bonds. The molecule has 0 aliphatic heterocycles. The minimum atomic E-state index is -0.350. The molecule has 0 spiro atoms. The lowest BCUT2D eigenvalue weighted by Crippen LogP contribution is -2.16. The Hall–Kier alpha value is -1.33. The fourth-order valence-corrected chi connectivity index (χ4v) is 2.12. The molecule has 0 aliphatic carbocycles. The molecule has 2 aromatic heterocycles. The third kappa shape index (κ3) is 2.98. The topological polar surface area (TPSA) is 57.0 Å². The summed E-state index contributed by atoms with van der Waals surface area (Å²) in [5.41, 5.74) is 1.18. The smallest absolute Gasteiger partial charge is 0.326 e. The highest BCUT2D eigenvalue weighted by Crippen LogP contribution is 2.24. The van der Waals surface area contributed by atoms with Crippen molar-refractivity contribution < 1.29 is 9.53 Å². The Bertz CT molecular complexity index is 610. The van der Waals surface area contributed by atoms with Crippen LogP contribution in [-0.2, 0) is 16.1 Å². The van der Waals surface area contributed by atoms with E-state index in [4.69, 9.17) is 27.9 Å². The Labute approximate surface area is 120 Å². The Morgan fingerprint density at radius 2 is 2.32 bits per heavy atom. The summed E-state index contributed by atoms with van der Waals surface area (Å²) >= 11 is 12.0. The van der Waals surface area contributed by atoms with Gasteiger partial charge in [0.2, 0.25) is 0 Å². The maximum atomic E-state index is 11.6. The van der Waals surface area contributed by atoms with E-state index in [1.807, 2.05) is 0 Å². The number of hydrogen-bond donors (Lipinski definition) is 0. The highest BCUT2D eigenvalue weighted by molar-refractivity contribution is 6.31. The molecular weight excluding hydrogens is 289 g/mol. The van der Waals surface area contributed by atoms with E-state index in [0.29, 0.717) is 28.6 Å². The normalized spacial score (nSPS) is 12.6. The molecule has 1 atom stereocenters. The van der Waals surface area contributed by atoms with Gasteiger partial charge >= 0.3 is 5.97 Å². The summed E-state index contributed by atoms with van der Waals surface area (Å²) in [7, 11) is 0. The zero-order valence-electron chi connectivity index (χ0n) is 10.6. The van der Waals surface area contributed by atoms with Gasteiger partial charge in [0, 0.05) is 6.20 Å². The number of aromatic nitrogens is 3. The minimum absolute atomic E-state index is 0.0331. The molecule has 0 aromatic carbocycles. The summed E-state index contributed by atoms with van der Waals surface area (Å²) in [6, 6.07) is 1.69. The van der Waals surface area contributed by atoms with Crippen LogP contribution in [0.4, 0.5) is 0 Å². The lowest BCUT2D eigenvalue weighted by molar-refractivity contribution is -0.143. The molecule has 0 aliphatic rings. The van der Waals surface area contributed by atoms with Crippen molar-refractivity contribution in [3.63, 3.8) is 0 Å². The molecule has 1 unspecified atom stereocenters. The first-order valence-electron chi connectivity index (χ1n) is 5.84. The molecule has 0 saturated carbocycles. The van der Waals surface area contributed by atoms with Crippen LogP contribution in [-0.4, -0.2) is 27.1 Å². The van der Waals surface area contributed by atoms with Gasteiger partial charge in [-0.2, -0.15) is 0 Å². The molecule has 7 heteroatoms. The van der Waals surface area contributed by atoms with Gasteiger partial charge in [-0.3, -0.25) is 4.79 Å². The molecule has 19 heavy (non-hydrogen) atoms. The quantitative estimate of drug-likeness (QED) is 0.643. The molecule has 0 fully saturated rings. The fourth-order valence-electron chi connectivity index (χ4n) is 1.80. The van der Waals surface area contributed by atoms with Gasteiger partial charge < -0.3 is 9.30 Å². The van der Waals surface area contributed by atoms with Gasteiger partial charge in [-0.05, 0) is 19.9 Å². The zero-order chi connectivity index (χ0) is 14.0. The second-order valence-corrected chi connectivity index (χ2v) is 5.06. The molecule has 102 valence electrons. The molecule has 2 heterocycles. The van der Waals surface area contributed by atoms with Gasteiger partial charge in [-0.1, -0.05) is 11.6 Å². The average Bonchev–Trinajstić information content (AvgIpc) is 2.67. The largest absolute Gasteiger partial charge is 0.465 e. The SMILES string of the molecule is CCOC(=O)Cn1c(C(C)Cl)nc2cc(Cl)cnc21. The number of carbonyl (C=O) groups excluding carboxylic acids is 1. The van der Waals surface area contributed by atoms with Crippen LogP contribution in [0.5, 0.6) is 0 Å². The van der Waals surface area contributed by atoms with Crippen molar-refractivity contribution >= 4 is 40.3 Å². The minimum Gasteiger partial charge on any atom is -0.465 e. The third-order valence-electron chi connectivity index (χ3n) is 2.53. The number of nitrogens with zero attached hydrogens (tertiary/aromatic N) is 3. The van der Waals surface area contributed by atoms with Crippen molar-refractivity contribution in [2.75, 3.05) is 6.61 Å². The van der Waals surface area contributed by atoms with E-state index < -0.39 is 0 Å². The Kier molecular flexibility index (Phi) is 4.27. The number of fused-ring (bicyclic) bond motifs is 1. The fraction of sp³-hybridized carbons (Fsp3) is 0.417. The van der Waals surface area contributed by atoms with Crippen LogP contribution in [0.3, 0.4) is 0 Å². The Morgan fingerprint density at radius 1 is 1.58 bits per heavy atom. The molecule has 5 nitrogen and oxygen atoms in total. The molecule has 0 saturated heterocycles. The first-order chi connectivity index (χ1) is 9.02. The number of pyridine rings is 1. The number of rotatable bonds is 4. The lowest BCUT2D eigenvalue weighted by atomic mass is 10.4. The summed E-state index contributed by atoms with van der Waals surface area (Å²) in [5.74, 6) is 0.219. The second-order valence-electron chi connectivity index (χ2n) is 3.97. The number of alkyl halides is 1. The lowest BCUT2D eigenvalue weighted by Gasteiger charge is -2.09. The Balaban J connectivity index is 2.49. The highest BCUT2D eigenvalue weighted by Gasteiger charge is 2.18. The van der Waals surface area contributed by atoms with Crippen LogP contribution >= 0.6 is 23.2 Å². The summed E-state index contributed by atoms with van der Waals surface area (Å²) in [4.78, 5) is 20.2. The number of carbonyl (C=O) groups is 1. The summed E-state index contributed by atoms with van der Waals surface area (Å²) in [6.45, 7) is 3.90. The summed E-state index contributed by atoms with van der Waals surface area (Å²) in [5, 5.41) is 0.143. The highest BCUT2D eigenvalue weighted by atomic mass is 35.5. The van der Waals surface area contributed by atoms with Crippen LogP contribution in [0.15, 0.2) is 12.3 Å². The van der Waals surface area contributed by atoms with E-state index in [1.165, 1.54) is 6.20 Å².